The van der Waals surface area contributed by atoms with E-state index in [9.17, 15) is 9.18 Å². The maximum absolute atomic E-state index is 13.6. The molecule has 0 aliphatic heterocycles. The highest BCUT2D eigenvalue weighted by Crippen LogP contribution is 2.40. The van der Waals surface area contributed by atoms with E-state index in [0.29, 0.717) is 12.4 Å². The van der Waals surface area contributed by atoms with E-state index in [1.807, 2.05) is 24.4 Å². The lowest BCUT2D eigenvalue weighted by Crippen LogP contribution is -2.24. The van der Waals surface area contributed by atoms with E-state index < -0.39 is 0 Å². The van der Waals surface area contributed by atoms with E-state index in [1.54, 1.807) is 18.3 Å². The summed E-state index contributed by atoms with van der Waals surface area (Å²) in [6, 6.07) is 14.7. The predicted molar refractivity (Wildman–Crippen MR) is 153 cm³/mol. The van der Waals surface area contributed by atoms with Crippen molar-refractivity contribution in [2.75, 3.05) is 12.3 Å². The quantitative estimate of drug-likeness (QED) is 0.221. The van der Waals surface area contributed by atoms with Crippen LogP contribution in [0.25, 0.3) is 38.9 Å². The smallest absolute Gasteiger partial charge is 0.308 e. The fraction of sp³-hybridized carbons (Fsp3) is 0.344. The molecule has 2 aromatic carbocycles. The number of para-hydroxylation sites is 1. The number of nitrogens with two attached hydrogens (primary N) is 1. The lowest BCUT2D eigenvalue weighted by atomic mass is 9.81. The number of hydrogen-bond donors (Lipinski definition) is 2. The number of benzene rings is 2. The number of carbonyl (C=O) groups excluding carboxylic acids is 1. The molecule has 0 spiro atoms. The Hall–Kier alpha value is -4.20. The van der Waals surface area contributed by atoms with Crippen molar-refractivity contribution in [1.29, 1.82) is 0 Å². The van der Waals surface area contributed by atoms with Crippen molar-refractivity contribution in [3.8, 4) is 22.5 Å². The Kier molecular flexibility index (Phi) is 6.25. The number of aromatic nitrogens is 4. The Morgan fingerprint density at radius 3 is 2.65 bits per heavy atom. The largest absolute Gasteiger partial charge is 0.465 e. The Morgan fingerprint density at radius 1 is 1.07 bits per heavy atom. The summed E-state index contributed by atoms with van der Waals surface area (Å²) in [5.41, 5.74) is 11.7. The van der Waals surface area contributed by atoms with Gasteiger partial charge in [-0.2, -0.15) is 0 Å². The van der Waals surface area contributed by atoms with Crippen LogP contribution < -0.4 is 5.73 Å². The fourth-order valence-corrected chi connectivity index (χ4v) is 6.15. The number of halogens is 1. The van der Waals surface area contributed by atoms with Crippen LogP contribution in [0.1, 0.15) is 56.7 Å². The molecule has 2 aliphatic carbocycles. The highest BCUT2D eigenvalue weighted by Gasteiger charge is 2.32. The molecule has 7 nitrogen and oxygen atoms in total. The number of imidazole rings is 1. The minimum Gasteiger partial charge on any atom is -0.465 e. The maximum atomic E-state index is 13.6. The molecule has 0 bridgehead atoms. The number of rotatable bonds is 7. The number of carbonyl (C=O) groups is 1. The van der Waals surface area contributed by atoms with Crippen LogP contribution in [0.5, 0.6) is 0 Å². The molecule has 0 amide bonds. The zero-order valence-corrected chi connectivity index (χ0v) is 22.3. The molecule has 3 heterocycles. The van der Waals surface area contributed by atoms with Gasteiger partial charge in [-0.1, -0.05) is 43.2 Å². The van der Waals surface area contributed by atoms with Crippen LogP contribution in [-0.2, 0) is 9.53 Å². The Morgan fingerprint density at radius 2 is 1.88 bits per heavy atom. The van der Waals surface area contributed by atoms with E-state index >= 15 is 0 Å². The van der Waals surface area contributed by atoms with Crippen LogP contribution in [0.3, 0.4) is 0 Å². The molecule has 8 heteroatoms. The molecule has 0 radical (unpaired) electrons. The van der Waals surface area contributed by atoms with Gasteiger partial charge < -0.3 is 15.5 Å². The fourth-order valence-electron chi connectivity index (χ4n) is 6.15. The number of nitrogen functional groups attached to an aromatic ring is 1. The van der Waals surface area contributed by atoms with Crippen molar-refractivity contribution in [3.05, 3.63) is 72.6 Å². The summed E-state index contributed by atoms with van der Waals surface area (Å²) in [6.45, 7) is 0.553. The van der Waals surface area contributed by atoms with Crippen molar-refractivity contribution in [2.24, 2.45) is 11.8 Å². The van der Waals surface area contributed by atoms with Crippen LogP contribution in [0.2, 0.25) is 0 Å². The van der Waals surface area contributed by atoms with Gasteiger partial charge in [-0.25, -0.2) is 14.4 Å². The number of ether oxygens (including phenoxy) is 1. The average Bonchev–Trinajstić information content (AvgIpc) is 3.55. The molecule has 2 saturated carbocycles. The number of nitrogens with zero attached hydrogens (tertiary/aromatic N) is 3. The van der Waals surface area contributed by atoms with E-state index in [-0.39, 0.29) is 23.6 Å². The lowest BCUT2D eigenvalue weighted by Gasteiger charge is -2.26. The number of aromatic amines is 1. The van der Waals surface area contributed by atoms with Crippen LogP contribution in [0.15, 0.2) is 60.9 Å². The molecule has 3 aromatic heterocycles. The Balaban J connectivity index is 1.19. The minimum absolute atomic E-state index is 0.0357. The Bertz CT molecular complexity index is 1690. The van der Waals surface area contributed by atoms with Gasteiger partial charge in [0.1, 0.15) is 28.7 Å². The SMILES string of the molecule is Nc1nccn2c(C3CCC(C(=O)OCCC4CC4)CC3)nc(-c3cc4cccc(-c5ccc(F)cc5)c4[nH]3)c12. The number of fused-ring (bicyclic) bond motifs is 2. The zero-order chi connectivity index (χ0) is 27.2. The molecule has 5 aromatic rings. The van der Waals surface area contributed by atoms with Crippen molar-refractivity contribution < 1.29 is 13.9 Å². The molecule has 2 fully saturated rings. The van der Waals surface area contributed by atoms with Gasteiger partial charge in [0.25, 0.3) is 0 Å². The minimum atomic E-state index is -0.261. The third-order valence-electron chi connectivity index (χ3n) is 8.57. The van der Waals surface area contributed by atoms with Gasteiger partial charge in [0, 0.05) is 29.3 Å². The number of hydrogen-bond acceptors (Lipinski definition) is 5. The maximum Gasteiger partial charge on any atom is 0.308 e. The van der Waals surface area contributed by atoms with Gasteiger partial charge in [0.05, 0.1) is 23.7 Å². The zero-order valence-electron chi connectivity index (χ0n) is 22.3. The predicted octanol–water partition coefficient (Wildman–Crippen LogP) is 6.88. The third kappa shape index (κ3) is 4.61. The molecule has 204 valence electrons. The first kappa shape index (κ1) is 24.8. The van der Waals surface area contributed by atoms with Crippen LogP contribution in [0, 0.1) is 17.7 Å². The van der Waals surface area contributed by atoms with Crippen molar-refractivity contribution in [1.82, 2.24) is 19.4 Å². The van der Waals surface area contributed by atoms with Gasteiger partial charge in [-0.05, 0) is 61.8 Å². The first-order valence-corrected chi connectivity index (χ1v) is 14.2. The summed E-state index contributed by atoms with van der Waals surface area (Å²) in [4.78, 5) is 25.7. The average molecular weight is 538 g/mol. The lowest BCUT2D eigenvalue weighted by molar-refractivity contribution is -0.150. The highest BCUT2D eigenvalue weighted by molar-refractivity contribution is 5.98. The summed E-state index contributed by atoms with van der Waals surface area (Å²) in [7, 11) is 0. The molecule has 7 rings (SSSR count). The summed E-state index contributed by atoms with van der Waals surface area (Å²) < 4.78 is 21.2. The molecule has 0 atom stereocenters. The molecule has 40 heavy (non-hydrogen) atoms. The van der Waals surface area contributed by atoms with Crippen LogP contribution in [0.4, 0.5) is 10.2 Å². The van der Waals surface area contributed by atoms with E-state index in [2.05, 4.69) is 20.4 Å². The summed E-state index contributed by atoms with van der Waals surface area (Å²) in [5.74, 6) is 1.99. The standard InChI is InChI=1S/C32H32FN5O2/c33-24-12-10-20(11-13-24)25-3-1-2-23-18-26(36-27(23)25)28-29-30(34)35-15-16-38(29)31(37-28)21-6-8-22(9-7-21)32(39)40-17-14-19-4-5-19/h1-3,10-13,15-16,18-19,21-22,36H,4-9,14,17H2,(H2,34,35). The number of H-pyrrole nitrogens is 1. The molecular formula is C32H32FN5O2. The summed E-state index contributed by atoms with van der Waals surface area (Å²) in [6.07, 6.45) is 10.5. The molecule has 3 N–H and O–H groups in total. The van der Waals surface area contributed by atoms with Crippen molar-refractivity contribution in [3.63, 3.8) is 0 Å². The van der Waals surface area contributed by atoms with Gasteiger partial charge in [0.15, 0.2) is 0 Å². The molecular weight excluding hydrogens is 505 g/mol. The monoisotopic (exact) mass is 537 g/mol. The summed E-state index contributed by atoms with van der Waals surface area (Å²) >= 11 is 0. The van der Waals surface area contributed by atoms with Gasteiger partial charge >= 0.3 is 5.97 Å². The van der Waals surface area contributed by atoms with E-state index in [1.165, 1.54) is 25.0 Å². The topological polar surface area (TPSA) is 98.3 Å². The molecule has 0 unspecified atom stereocenters. The summed E-state index contributed by atoms with van der Waals surface area (Å²) in [5, 5.41) is 1.03. The second-order valence-corrected chi connectivity index (χ2v) is 11.3. The second-order valence-electron chi connectivity index (χ2n) is 11.3. The first-order chi connectivity index (χ1) is 19.5. The van der Waals surface area contributed by atoms with Crippen LogP contribution in [-0.4, -0.2) is 31.9 Å². The van der Waals surface area contributed by atoms with Crippen LogP contribution >= 0.6 is 0 Å². The van der Waals surface area contributed by atoms with Crippen molar-refractivity contribution >= 4 is 28.2 Å². The van der Waals surface area contributed by atoms with E-state index in [0.717, 1.165) is 82.8 Å². The van der Waals surface area contributed by atoms with Gasteiger partial charge in [0.2, 0.25) is 0 Å². The first-order valence-electron chi connectivity index (χ1n) is 14.2. The second kappa shape index (κ2) is 10.1. The third-order valence-corrected chi connectivity index (χ3v) is 8.57. The Labute approximate surface area is 231 Å². The normalized spacial score (nSPS) is 19.3. The van der Waals surface area contributed by atoms with Gasteiger partial charge in [-0.3, -0.25) is 9.20 Å². The molecule has 2 aliphatic rings. The van der Waals surface area contributed by atoms with Gasteiger partial charge in [-0.15, -0.1) is 0 Å². The van der Waals surface area contributed by atoms with E-state index in [4.69, 9.17) is 15.5 Å². The number of anilines is 1. The highest BCUT2D eigenvalue weighted by atomic mass is 19.1. The number of esters is 1. The molecule has 0 saturated heterocycles. The number of nitrogens with one attached hydrogen (secondary N) is 1. The van der Waals surface area contributed by atoms with Crippen molar-refractivity contribution in [2.45, 2.75) is 50.9 Å².